The van der Waals surface area contributed by atoms with Crippen molar-refractivity contribution in [3.63, 3.8) is 0 Å². The zero-order chi connectivity index (χ0) is 18.9. The highest BCUT2D eigenvalue weighted by molar-refractivity contribution is 5.62. The molecule has 0 radical (unpaired) electrons. The van der Waals surface area contributed by atoms with Gasteiger partial charge in [-0.3, -0.25) is 0 Å². The summed E-state index contributed by atoms with van der Waals surface area (Å²) < 4.78 is 52.7. The summed E-state index contributed by atoms with van der Waals surface area (Å²) >= 11 is 0. The third kappa shape index (κ3) is 3.88. The number of hydrogen-bond acceptors (Lipinski definition) is 5. The number of nitrogens with one attached hydrogen (secondary N) is 1. The van der Waals surface area contributed by atoms with Crippen molar-refractivity contribution in [3.05, 3.63) is 59.4 Å². The summed E-state index contributed by atoms with van der Waals surface area (Å²) in [5.74, 6) is -1.45. The molecule has 0 fully saturated rings. The van der Waals surface area contributed by atoms with Crippen LogP contribution in [-0.2, 0) is 6.18 Å². The monoisotopic (exact) mass is 363 g/mol. The van der Waals surface area contributed by atoms with E-state index in [0.29, 0.717) is 23.9 Å². The predicted octanol–water partition coefficient (Wildman–Crippen LogP) is 4.33. The Morgan fingerprint density at radius 3 is 2.31 bits per heavy atom. The Bertz CT molecular complexity index is 939. The molecule has 3 N–H and O–H groups in total. The number of aromatic nitrogens is 3. The maximum Gasteiger partial charge on any atom is 0.416 e. The molecule has 3 aromatic rings. The molecule has 1 heterocycles. The minimum absolute atomic E-state index is 0.00633. The molecule has 0 bridgehead atoms. The first-order valence-corrected chi connectivity index (χ1v) is 7.45. The fraction of sp³-hybridized carbons (Fsp3) is 0.118. The number of benzene rings is 2. The van der Waals surface area contributed by atoms with Crippen LogP contribution in [0.2, 0.25) is 0 Å². The average molecular weight is 363 g/mol. The smallest absolute Gasteiger partial charge is 0.368 e. The number of hydrogen-bond donors (Lipinski definition) is 2. The van der Waals surface area contributed by atoms with Gasteiger partial charge in [0.25, 0.3) is 0 Å². The van der Waals surface area contributed by atoms with Crippen molar-refractivity contribution in [2.45, 2.75) is 13.1 Å². The highest BCUT2D eigenvalue weighted by Crippen LogP contribution is 2.33. The predicted molar refractivity (Wildman–Crippen MR) is 89.1 cm³/mol. The Morgan fingerprint density at radius 2 is 1.65 bits per heavy atom. The van der Waals surface area contributed by atoms with E-state index in [2.05, 4.69) is 20.3 Å². The van der Waals surface area contributed by atoms with E-state index in [0.717, 1.165) is 5.56 Å². The van der Waals surface area contributed by atoms with Gasteiger partial charge >= 0.3 is 6.18 Å². The van der Waals surface area contributed by atoms with Gasteiger partial charge in [0.2, 0.25) is 11.9 Å². The number of nitrogens with zero attached hydrogens (tertiary/aromatic N) is 3. The van der Waals surface area contributed by atoms with Gasteiger partial charge in [0.05, 0.1) is 11.1 Å². The van der Waals surface area contributed by atoms with Crippen LogP contribution in [0.25, 0.3) is 11.4 Å². The number of aryl methyl sites for hydroxylation is 1. The van der Waals surface area contributed by atoms with Gasteiger partial charge in [-0.05, 0) is 37.3 Å². The summed E-state index contributed by atoms with van der Waals surface area (Å²) in [7, 11) is 0. The Kier molecular flexibility index (Phi) is 4.45. The highest BCUT2D eigenvalue weighted by Gasteiger charge is 2.31. The lowest BCUT2D eigenvalue weighted by atomic mass is 10.1. The average Bonchev–Trinajstić information content (AvgIpc) is 2.56. The molecule has 0 amide bonds. The van der Waals surface area contributed by atoms with E-state index >= 15 is 0 Å². The van der Waals surface area contributed by atoms with Gasteiger partial charge in [-0.1, -0.05) is 17.7 Å². The molecular formula is C17H13F4N5. The van der Waals surface area contributed by atoms with Crippen LogP contribution in [0.15, 0.2) is 42.5 Å². The second-order valence-electron chi connectivity index (χ2n) is 5.52. The van der Waals surface area contributed by atoms with Crippen molar-refractivity contribution in [1.29, 1.82) is 0 Å². The molecule has 3 rings (SSSR count). The van der Waals surface area contributed by atoms with Crippen molar-refractivity contribution < 1.29 is 17.6 Å². The second-order valence-corrected chi connectivity index (χ2v) is 5.52. The van der Waals surface area contributed by atoms with E-state index in [9.17, 15) is 17.6 Å². The Hall–Kier alpha value is -3.23. The maximum atomic E-state index is 14.0. The topological polar surface area (TPSA) is 76.7 Å². The maximum absolute atomic E-state index is 14.0. The summed E-state index contributed by atoms with van der Waals surface area (Å²) in [6.07, 6.45) is -4.62. The van der Waals surface area contributed by atoms with Crippen LogP contribution in [0.5, 0.6) is 0 Å². The van der Waals surface area contributed by atoms with Crippen LogP contribution in [0.4, 0.5) is 35.1 Å². The summed E-state index contributed by atoms with van der Waals surface area (Å²) in [6.45, 7) is 1.92. The summed E-state index contributed by atoms with van der Waals surface area (Å²) in [6, 6.07) is 9.22. The summed E-state index contributed by atoms with van der Waals surface area (Å²) in [5, 5.41) is 2.86. The molecule has 0 saturated carbocycles. The van der Waals surface area contributed by atoms with Crippen LogP contribution in [0.3, 0.4) is 0 Å². The zero-order valence-electron chi connectivity index (χ0n) is 13.5. The van der Waals surface area contributed by atoms with Crippen molar-refractivity contribution in [3.8, 4) is 11.4 Å². The first-order chi connectivity index (χ1) is 12.2. The number of anilines is 3. The number of nitrogens with two attached hydrogens (primary N) is 1. The van der Waals surface area contributed by atoms with Crippen molar-refractivity contribution in [2.24, 2.45) is 0 Å². The highest BCUT2D eigenvalue weighted by atomic mass is 19.4. The van der Waals surface area contributed by atoms with E-state index in [1.54, 1.807) is 12.1 Å². The van der Waals surface area contributed by atoms with Gasteiger partial charge in [-0.2, -0.15) is 28.1 Å². The SMILES string of the molecule is Cc1ccc(Nc2nc(N)nc(-c3cc(C(F)(F)F)ccc3F)n2)cc1. The molecule has 0 aliphatic carbocycles. The molecule has 0 atom stereocenters. The third-order valence-corrected chi connectivity index (χ3v) is 3.50. The molecule has 5 nitrogen and oxygen atoms in total. The molecule has 0 unspecified atom stereocenters. The molecular weight excluding hydrogens is 350 g/mol. The lowest BCUT2D eigenvalue weighted by Gasteiger charge is -2.11. The van der Waals surface area contributed by atoms with Gasteiger partial charge in [0, 0.05) is 5.69 Å². The molecule has 0 saturated heterocycles. The van der Waals surface area contributed by atoms with Gasteiger partial charge in [0.1, 0.15) is 5.82 Å². The van der Waals surface area contributed by atoms with Crippen LogP contribution >= 0.6 is 0 Å². The lowest BCUT2D eigenvalue weighted by Crippen LogP contribution is -2.08. The van der Waals surface area contributed by atoms with Gasteiger partial charge < -0.3 is 11.1 Å². The minimum atomic E-state index is -4.62. The molecule has 2 aromatic carbocycles. The standard InChI is InChI=1S/C17H13F4N5/c1-9-2-5-11(6-3-9)23-16-25-14(24-15(22)26-16)12-8-10(17(19,20)21)4-7-13(12)18/h2-8H,1H3,(H3,22,23,24,25,26). The Labute approximate surface area is 145 Å². The van der Waals surface area contributed by atoms with E-state index in [1.807, 2.05) is 19.1 Å². The molecule has 0 aliphatic rings. The van der Waals surface area contributed by atoms with E-state index in [-0.39, 0.29) is 17.7 Å². The van der Waals surface area contributed by atoms with Gasteiger partial charge in [-0.15, -0.1) is 0 Å². The van der Waals surface area contributed by atoms with Gasteiger partial charge in [0.15, 0.2) is 5.82 Å². The third-order valence-electron chi connectivity index (χ3n) is 3.50. The molecule has 1 aromatic heterocycles. The van der Waals surface area contributed by atoms with Crippen molar-refractivity contribution in [1.82, 2.24) is 15.0 Å². The largest absolute Gasteiger partial charge is 0.416 e. The van der Waals surface area contributed by atoms with Crippen LogP contribution in [0, 0.1) is 12.7 Å². The van der Waals surface area contributed by atoms with Gasteiger partial charge in [-0.25, -0.2) is 4.39 Å². The molecule has 0 spiro atoms. The molecule has 134 valence electrons. The number of alkyl halides is 3. The van der Waals surface area contributed by atoms with Crippen molar-refractivity contribution >= 4 is 17.6 Å². The van der Waals surface area contributed by atoms with Crippen LogP contribution in [-0.4, -0.2) is 15.0 Å². The number of rotatable bonds is 3. The van der Waals surface area contributed by atoms with E-state index in [4.69, 9.17) is 5.73 Å². The first kappa shape index (κ1) is 17.6. The second kappa shape index (κ2) is 6.58. The first-order valence-electron chi connectivity index (χ1n) is 7.45. The molecule has 9 heteroatoms. The molecule has 26 heavy (non-hydrogen) atoms. The van der Waals surface area contributed by atoms with E-state index in [1.165, 1.54) is 0 Å². The lowest BCUT2D eigenvalue weighted by molar-refractivity contribution is -0.137. The van der Waals surface area contributed by atoms with Crippen LogP contribution < -0.4 is 11.1 Å². The normalized spacial score (nSPS) is 11.4. The van der Waals surface area contributed by atoms with E-state index < -0.39 is 23.1 Å². The molecule has 0 aliphatic heterocycles. The van der Waals surface area contributed by atoms with Crippen molar-refractivity contribution in [2.75, 3.05) is 11.1 Å². The van der Waals surface area contributed by atoms with Crippen LogP contribution in [0.1, 0.15) is 11.1 Å². The fourth-order valence-corrected chi connectivity index (χ4v) is 2.21. The fourth-order valence-electron chi connectivity index (χ4n) is 2.21. The number of halogens is 4. The summed E-state index contributed by atoms with van der Waals surface area (Å²) in [5.41, 5.74) is 5.85. The summed E-state index contributed by atoms with van der Waals surface area (Å²) in [4.78, 5) is 11.6. The number of nitrogen functional groups attached to an aromatic ring is 1. The quantitative estimate of drug-likeness (QED) is 0.678. The minimum Gasteiger partial charge on any atom is -0.368 e. The Balaban J connectivity index is 2.01. The zero-order valence-corrected chi connectivity index (χ0v) is 13.5. The Morgan fingerprint density at radius 1 is 0.962 bits per heavy atom.